The van der Waals surface area contributed by atoms with Crippen LogP contribution in [0.2, 0.25) is 0 Å². The first-order valence-corrected chi connectivity index (χ1v) is 13.2. The molecule has 36 heavy (non-hydrogen) atoms. The fraction of sp³-hybridized carbons (Fsp3) is 0.333. The second kappa shape index (κ2) is 9.03. The van der Waals surface area contributed by atoms with E-state index in [1.54, 1.807) is 35.0 Å². The zero-order valence-electron chi connectivity index (χ0n) is 19.3. The molecule has 0 spiro atoms. The van der Waals surface area contributed by atoms with Gasteiger partial charge in [-0.25, -0.2) is 18.1 Å². The van der Waals surface area contributed by atoms with Gasteiger partial charge in [0.15, 0.2) is 22.7 Å². The lowest BCUT2D eigenvalue weighted by Gasteiger charge is -2.31. The minimum absolute atomic E-state index is 0.140. The van der Waals surface area contributed by atoms with Gasteiger partial charge < -0.3 is 14.5 Å². The summed E-state index contributed by atoms with van der Waals surface area (Å²) in [4.78, 5) is 20.6. The summed E-state index contributed by atoms with van der Waals surface area (Å²) in [5, 5.41) is 8.18. The maximum atomic E-state index is 13.2. The fourth-order valence-electron chi connectivity index (χ4n) is 4.67. The Kier molecular flexibility index (Phi) is 5.69. The van der Waals surface area contributed by atoms with Gasteiger partial charge in [0.25, 0.3) is 5.56 Å². The third-order valence-electron chi connectivity index (χ3n) is 6.48. The zero-order valence-corrected chi connectivity index (χ0v) is 20.1. The molecule has 1 saturated heterocycles. The fourth-order valence-corrected chi connectivity index (χ4v) is 6.21. The number of sulfonamides is 1. The average Bonchev–Trinajstić information content (AvgIpc) is 3.32. The summed E-state index contributed by atoms with van der Waals surface area (Å²) < 4.78 is 40.6. The predicted octanol–water partition coefficient (Wildman–Crippen LogP) is 1.90. The van der Waals surface area contributed by atoms with Crippen molar-refractivity contribution in [2.75, 3.05) is 26.3 Å². The van der Waals surface area contributed by atoms with Gasteiger partial charge in [0.05, 0.1) is 11.4 Å². The van der Waals surface area contributed by atoms with E-state index in [1.165, 1.54) is 4.31 Å². The molecule has 4 heterocycles. The van der Waals surface area contributed by atoms with Gasteiger partial charge in [-0.15, -0.1) is 5.10 Å². The van der Waals surface area contributed by atoms with Crippen molar-refractivity contribution in [2.45, 2.75) is 30.2 Å². The Labute approximate surface area is 206 Å². The van der Waals surface area contributed by atoms with E-state index in [0.717, 1.165) is 5.56 Å². The van der Waals surface area contributed by atoms with Crippen LogP contribution in [-0.2, 0) is 16.6 Å². The molecule has 2 aliphatic rings. The predicted molar refractivity (Wildman–Crippen MR) is 130 cm³/mol. The second-order valence-corrected chi connectivity index (χ2v) is 10.8. The average molecular weight is 509 g/mol. The molecule has 2 aliphatic heterocycles. The van der Waals surface area contributed by atoms with Crippen LogP contribution < -0.4 is 15.0 Å². The van der Waals surface area contributed by atoms with Crippen LogP contribution in [0.1, 0.15) is 30.1 Å². The van der Waals surface area contributed by atoms with E-state index >= 15 is 0 Å². The number of nitrogens with one attached hydrogen (secondary N) is 1. The first kappa shape index (κ1) is 22.7. The number of fused-ring (bicyclic) bond motifs is 2. The van der Waals surface area contributed by atoms with Crippen LogP contribution >= 0.6 is 0 Å². The van der Waals surface area contributed by atoms with Crippen molar-refractivity contribution < 1.29 is 17.9 Å². The molecule has 1 N–H and O–H groups in total. The van der Waals surface area contributed by atoms with Gasteiger partial charge in [0, 0.05) is 19.0 Å². The van der Waals surface area contributed by atoms with Crippen molar-refractivity contribution in [3.8, 4) is 11.5 Å². The molecule has 0 amide bonds. The van der Waals surface area contributed by atoms with E-state index in [1.807, 2.05) is 18.2 Å². The molecule has 11 nitrogen and oxygen atoms in total. The first-order valence-electron chi connectivity index (χ1n) is 11.8. The lowest BCUT2D eigenvalue weighted by molar-refractivity contribution is 0.171. The Balaban J connectivity index is 1.29. The highest BCUT2D eigenvalue weighted by Crippen LogP contribution is 2.31. The van der Waals surface area contributed by atoms with E-state index < -0.39 is 15.6 Å². The Hall–Kier alpha value is -3.77. The minimum atomic E-state index is -3.64. The quantitative estimate of drug-likeness (QED) is 0.432. The molecule has 1 atom stereocenters. The molecule has 1 fully saturated rings. The van der Waals surface area contributed by atoms with Crippen LogP contribution in [-0.4, -0.2) is 64.0 Å². The smallest absolute Gasteiger partial charge is 0.281 e. The van der Waals surface area contributed by atoms with E-state index in [4.69, 9.17) is 14.5 Å². The van der Waals surface area contributed by atoms with Gasteiger partial charge in [-0.05, 0) is 42.7 Å². The number of piperidine rings is 1. The van der Waals surface area contributed by atoms with E-state index in [0.29, 0.717) is 62.1 Å². The summed E-state index contributed by atoms with van der Waals surface area (Å²) in [6.45, 7) is 1.99. The first-order chi connectivity index (χ1) is 17.5. The Bertz CT molecular complexity index is 1580. The highest BCUT2D eigenvalue weighted by Gasteiger charge is 2.32. The Morgan fingerprint density at radius 1 is 1.06 bits per heavy atom. The lowest BCUT2D eigenvalue weighted by atomic mass is 9.99. The molecule has 2 aromatic heterocycles. The number of nitrogens with zero attached hydrogens (tertiary/aromatic N) is 5. The molecule has 0 aliphatic carbocycles. The standard InChI is InChI=1S/C24H24N6O5S/c31-24-21-23(30(28-27-21)14-16-8-9-19-20(13-16)35-12-11-34-19)25-22(26-24)17-5-4-10-29(15-17)36(32,33)18-6-2-1-3-7-18/h1-3,6-9,13,17H,4-5,10-12,14-15H2,(H,25,26,31)/t17-/m1/s1. The van der Waals surface area contributed by atoms with E-state index in [9.17, 15) is 13.2 Å². The minimum Gasteiger partial charge on any atom is -0.486 e. The maximum absolute atomic E-state index is 13.2. The molecule has 2 aromatic carbocycles. The van der Waals surface area contributed by atoms with Gasteiger partial charge in [-0.2, -0.15) is 4.31 Å². The molecule has 186 valence electrons. The SMILES string of the molecule is O=c1[nH]c([C@@H]2CCCN(S(=O)(=O)c3ccccc3)C2)nc2c1nnn2Cc1ccc2c(c1)OCCO2. The summed E-state index contributed by atoms with van der Waals surface area (Å²) in [5.74, 6) is 1.53. The molecular formula is C24H24N6O5S. The van der Waals surface area contributed by atoms with Gasteiger partial charge in [-0.1, -0.05) is 29.5 Å². The van der Waals surface area contributed by atoms with Crippen molar-refractivity contribution in [2.24, 2.45) is 0 Å². The molecule has 0 saturated carbocycles. The van der Waals surface area contributed by atoms with Gasteiger partial charge in [-0.3, -0.25) is 4.79 Å². The summed E-state index contributed by atoms with van der Waals surface area (Å²) in [7, 11) is -3.64. The van der Waals surface area contributed by atoms with Crippen LogP contribution in [0.25, 0.3) is 11.2 Å². The number of aromatic nitrogens is 5. The van der Waals surface area contributed by atoms with Crippen LogP contribution in [0.5, 0.6) is 11.5 Å². The molecule has 0 radical (unpaired) electrons. The van der Waals surface area contributed by atoms with Crippen LogP contribution in [0.3, 0.4) is 0 Å². The van der Waals surface area contributed by atoms with Gasteiger partial charge >= 0.3 is 0 Å². The topological polar surface area (TPSA) is 132 Å². The number of benzene rings is 2. The van der Waals surface area contributed by atoms with Crippen molar-refractivity contribution in [1.82, 2.24) is 29.3 Å². The number of aromatic amines is 1. The highest BCUT2D eigenvalue weighted by atomic mass is 32.2. The third-order valence-corrected chi connectivity index (χ3v) is 8.36. The van der Waals surface area contributed by atoms with Crippen LogP contribution in [0, 0.1) is 0 Å². The van der Waals surface area contributed by atoms with Crippen molar-refractivity contribution in [1.29, 1.82) is 0 Å². The Morgan fingerprint density at radius 3 is 2.69 bits per heavy atom. The monoisotopic (exact) mass is 508 g/mol. The summed E-state index contributed by atoms with van der Waals surface area (Å²) in [5.41, 5.74) is 0.992. The highest BCUT2D eigenvalue weighted by molar-refractivity contribution is 7.89. The van der Waals surface area contributed by atoms with Crippen LogP contribution in [0.15, 0.2) is 58.2 Å². The molecule has 12 heteroatoms. The van der Waals surface area contributed by atoms with Crippen molar-refractivity contribution in [3.05, 3.63) is 70.3 Å². The van der Waals surface area contributed by atoms with Crippen molar-refractivity contribution >= 4 is 21.2 Å². The van der Waals surface area contributed by atoms with Crippen molar-refractivity contribution in [3.63, 3.8) is 0 Å². The summed E-state index contributed by atoms with van der Waals surface area (Å²) >= 11 is 0. The van der Waals surface area contributed by atoms with E-state index in [2.05, 4.69) is 15.3 Å². The van der Waals surface area contributed by atoms with Gasteiger partial charge in [0.2, 0.25) is 10.0 Å². The Morgan fingerprint density at radius 2 is 1.86 bits per heavy atom. The van der Waals surface area contributed by atoms with E-state index in [-0.39, 0.29) is 22.9 Å². The normalized spacial score (nSPS) is 18.4. The molecule has 0 bridgehead atoms. The number of H-pyrrole nitrogens is 1. The molecule has 6 rings (SSSR count). The number of ether oxygens (including phenoxy) is 2. The summed E-state index contributed by atoms with van der Waals surface area (Å²) in [6, 6.07) is 14.0. The lowest BCUT2D eigenvalue weighted by Crippen LogP contribution is -2.39. The molecule has 0 unspecified atom stereocenters. The molecular weight excluding hydrogens is 484 g/mol. The summed E-state index contributed by atoms with van der Waals surface area (Å²) in [6.07, 6.45) is 1.37. The number of rotatable bonds is 5. The largest absolute Gasteiger partial charge is 0.486 e. The van der Waals surface area contributed by atoms with Gasteiger partial charge in [0.1, 0.15) is 19.0 Å². The third kappa shape index (κ3) is 4.11. The molecule has 4 aromatic rings. The number of hydrogen-bond acceptors (Lipinski definition) is 8. The maximum Gasteiger partial charge on any atom is 0.281 e. The van der Waals surface area contributed by atoms with Crippen LogP contribution in [0.4, 0.5) is 0 Å². The second-order valence-electron chi connectivity index (χ2n) is 8.86. The number of hydrogen-bond donors (Lipinski definition) is 1. The zero-order chi connectivity index (χ0) is 24.7.